The van der Waals surface area contributed by atoms with E-state index in [0.29, 0.717) is 5.17 Å². The number of benzene rings is 2. The highest BCUT2D eigenvalue weighted by Gasteiger charge is 2.49. The van der Waals surface area contributed by atoms with E-state index in [9.17, 15) is 23.3 Å². The molecule has 0 aliphatic carbocycles. The first kappa shape index (κ1) is 18.6. The van der Waals surface area contributed by atoms with Crippen molar-refractivity contribution in [3.8, 4) is 0 Å². The van der Waals surface area contributed by atoms with E-state index in [1.54, 1.807) is 4.90 Å². The van der Waals surface area contributed by atoms with Gasteiger partial charge in [0.2, 0.25) is 0 Å². The number of carbonyl (C=O) groups is 1. The van der Waals surface area contributed by atoms with Crippen molar-refractivity contribution in [2.75, 3.05) is 16.4 Å². The van der Waals surface area contributed by atoms with Crippen LogP contribution in [0.1, 0.15) is 10.4 Å². The normalized spacial score (nSPS) is 24.3. The number of hydrogen-bond donors (Lipinski definition) is 0. The smallest absolute Gasteiger partial charge is 0.279 e. The lowest BCUT2D eigenvalue weighted by Gasteiger charge is -2.24. The van der Waals surface area contributed by atoms with Crippen LogP contribution >= 0.6 is 11.8 Å². The molecule has 28 heavy (non-hydrogen) atoms. The molecular weight excluding hydrogens is 402 g/mol. The average Bonchev–Trinajstić information content (AvgIpc) is 3.13. The fourth-order valence-electron chi connectivity index (χ4n) is 3.36. The molecule has 0 saturated carbocycles. The van der Waals surface area contributed by atoms with Crippen molar-refractivity contribution in [1.82, 2.24) is 0 Å². The van der Waals surface area contributed by atoms with Crippen molar-refractivity contribution in [2.45, 2.75) is 11.3 Å². The molecule has 0 aromatic heterocycles. The minimum absolute atomic E-state index is 0.00355. The summed E-state index contributed by atoms with van der Waals surface area (Å²) in [4.78, 5) is 29.0. The number of amides is 1. The summed E-state index contributed by atoms with van der Waals surface area (Å²) >= 11 is 1.26. The zero-order valence-corrected chi connectivity index (χ0v) is 16.1. The molecule has 0 bridgehead atoms. The molecule has 2 aromatic carbocycles. The number of thioether (sulfide) groups is 1. The summed E-state index contributed by atoms with van der Waals surface area (Å²) in [6, 6.07) is 14.3. The Balaban J connectivity index is 1.70. The zero-order chi connectivity index (χ0) is 19.9. The molecule has 4 rings (SSSR count). The molecule has 0 unspecified atom stereocenters. The Labute approximate surface area is 165 Å². The second-order valence-electron chi connectivity index (χ2n) is 6.51. The lowest BCUT2D eigenvalue weighted by atomic mass is 10.2. The van der Waals surface area contributed by atoms with Gasteiger partial charge >= 0.3 is 0 Å². The van der Waals surface area contributed by atoms with Crippen LogP contribution in [0.3, 0.4) is 0 Å². The number of para-hydroxylation sites is 1. The van der Waals surface area contributed by atoms with E-state index in [4.69, 9.17) is 0 Å². The van der Waals surface area contributed by atoms with Crippen LogP contribution < -0.4 is 4.90 Å². The number of rotatable bonds is 3. The minimum Gasteiger partial charge on any atom is -0.316 e. The van der Waals surface area contributed by atoms with E-state index in [0.717, 1.165) is 5.69 Å². The van der Waals surface area contributed by atoms with Gasteiger partial charge in [-0.3, -0.25) is 14.9 Å². The summed E-state index contributed by atoms with van der Waals surface area (Å²) in [5.41, 5.74) is 0.679. The molecule has 0 N–H and O–H groups in total. The van der Waals surface area contributed by atoms with Crippen LogP contribution in [-0.4, -0.2) is 47.2 Å². The van der Waals surface area contributed by atoms with Gasteiger partial charge in [0.05, 0.1) is 22.5 Å². The first-order chi connectivity index (χ1) is 13.3. The van der Waals surface area contributed by atoms with Gasteiger partial charge in [-0.05, 0) is 18.2 Å². The number of non-ortho nitro benzene ring substituents is 1. The van der Waals surface area contributed by atoms with Crippen LogP contribution in [-0.2, 0) is 9.84 Å². The van der Waals surface area contributed by atoms with Crippen molar-refractivity contribution in [2.24, 2.45) is 4.99 Å². The summed E-state index contributed by atoms with van der Waals surface area (Å²) in [5, 5.41) is 11.1. The maximum absolute atomic E-state index is 12.6. The Morgan fingerprint density at radius 1 is 1.14 bits per heavy atom. The van der Waals surface area contributed by atoms with Crippen LogP contribution in [0.25, 0.3) is 0 Å². The number of carbonyl (C=O) groups excluding carboxylic acids is 1. The predicted octanol–water partition coefficient (Wildman–Crippen LogP) is 2.51. The molecular formula is C18H15N3O5S2. The van der Waals surface area contributed by atoms with E-state index >= 15 is 0 Å². The van der Waals surface area contributed by atoms with E-state index in [-0.39, 0.29) is 34.0 Å². The molecule has 2 atom stereocenters. The number of amidine groups is 1. The summed E-state index contributed by atoms with van der Waals surface area (Å²) in [5.74, 6) is -0.561. The Morgan fingerprint density at radius 2 is 1.89 bits per heavy atom. The van der Waals surface area contributed by atoms with E-state index < -0.39 is 20.7 Å². The molecule has 2 fully saturated rings. The quantitative estimate of drug-likeness (QED) is 0.557. The third-order valence-corrected chi connectivity index (χ3v) is 7.81. The van der Waals surface area contributed by atoms with Gasteiger partial charge in [0.1, 0.15) is 0 Å². The number of fused-ring (bicyclic) bond motifs is 1. The third-order valence-electron chi connectivity index (χ3n) is 4.60. The molecule has 2 aromatic rings. The Morgan fingerprint density at radius 3 is 2.61 bits per heavy atom. The van der Waals surface area contributed by atoms with Gasteiger partial charge in [-0.15, -0.1) is 0 Å². The zero-order valence-electron chi connectivity index (χ0n) is 14.5. The number of hydrogen-bond acceptors (Lipinski definition) is 6. The second-order valence-corrected chi connectivity index (χ2v) is 9.87. The van der Waals surface area contributed by atoms with Gasteiger partial charge in [0, 0.05) is 28.6 Å². The summed E-state index contributed by atoms with van der Waals surface area (Å²) in [7, 11) is -3.14. The molecule has 0 spiro atoms. The van der Waals surface area contributed by atoms with Gasteiger partial charge in [-0.25, -0.2) is 8.42 Å². The first-order valence-corrected chi connectivity index (χ1v) is 11.1. The number of nitro groups is 1. The fourth-order valence-corrected chi connectivity index (χ4v) is 7.27. The van der Waals surface area contributed by atoms with Crippen molar-refractivity contribution < 1.29 is 18.1 Å². The molecule has 10 heteroatoms. The highest BCUT2D eigenvalue weighted by molar-refractivity contribution is 8.16. The Kier molecular flexibility index (Phi) is 4.68. The molecule has 2 aliphatic rings. The van der Waals surface area contributed by atoms with Crippen LogP contribution in [0, 0.1) is 10.1 Å². The molecule has 144 valence electrons. The Bertz CT molecular complexity index is 1090. The maximum Gasteiger partial charge on any atom is 0.279 e. The van der Waals surface area contributed by atoms with E-state index in [1.165, 1.54) is 36.0 Å². The minimum atomic E-state index is -3.14. The van der Waals surface area contributed by atoms with Crippen LogP contribution in [0.4, 0.5) is 11.4 Å². The largest absolute Gasteiger partial charge is 0.316 e. The predicted molar refractivity (Wildman–Crippen MR) is 108 cm³/mol. The van der Waals surface area contributed by atoms with E-state index in [1.807, 2.05) is 30.3 Å². The maximum atomic E-state index is 12.6. The van der Waals surface area contributed by atoms with Crippen LogP contribution in [0.2, 0.25) is 0 Å². The second kappa shape index (κ2) is 7.02. The fraction of sp³-hybridized carbons (Fsp3) is 0.222. The van der Waals surface area contributed by atoms with Gasteiger partial charge in [-0.1, -0.05) is 36.0 Å². The number of nitro benzene ring substituents is 1. The topological polar surface area (TPSA) is 110 Å². The monoisotopic (exact) mass is 417 g/mol. The summed E-state index contributed by atoms with van der Waals surface area (Å²) < 4.78 is 24.1. The van der Waals surface area contributed by atoms with Crippen molar-refractivity contribution in [3.63, 3.8) is 0 Å². The van der Waals surface area contributed by atoms with Gasteiger partial charge < -0.3 is 4.90 Å². The number of anilines is 1. The molecule has 0 radical (unpaired) electrons. The number of nitrogens with zero attached hydrogens (tertiary/aromatic N) is 3. The molecule has 2 saturated heterocycles. The van der Waals surface area contributed by atoms with Gasteiger partial charge in [-0.2, -0.15) is 4.99 Å². The summed E-state index contributed by atoms with van der Waals surface area (Å²) in [6.07, 6.45) is 0. The van der Waals surface area contributed by atoms with Crippen molar-refractivity contribution in [1.29, 1.82) is 0 Å². The lowest BCUT2D eigenvalue weighted by Crippen LogP contribution is -2.37. The molecule has 2 aliphatic heterocycles. The van der Waals surface area contributed by atoms with Crippen LogP contribution in [0.15, 0.2) is 59.6 Å². The van der Waals surface area contributed by atoms with Gasteiger partial charge in [0.15, 0.2) is 15.0 Å². The van der Waals surface area contributed by atoms with Crippen LogP contribution in [0.5, 0.6) is 0 Å². The van der Waals surface area contributed by atoms with Gasteiger partial charge in [0.25, 0.3) is 11.6 Å². The van der Waals surface area contributed by atoms with Crippen molar-refractivity contribution >= 4 is 44.0 Å². The SMILES string of the molecule is O=C(N=C1S[C@@H]2CS(=O)(=O)C[C@H]2N1c1ccccc1)c1cccc([N+](=O)[O-])c1. The third kappa shape index (κ3) is 3.52. The Hall–Kier alpha value is -2.72. The summed E-state index contributed by atoms with van der Waals surface area (Å²) in [6.45, 7) is 0. The number of aliphatic imine (C=N–C) groups is 1. The average molecular weight is 417 g/mol. The standard InChI is InChI=1S/C18H15N3O5S2/c22-17(12-5-4-8-14(9-12)21(23)24)19-18-20(13-6-2-1-3-7-13)15-10-28(25,26)11-16(15)27-18/h1-9,15-16H,10-11H2/t15-,16-/m1/s1. The number of sulfone groups is 1. The molecule has 8 nitrogen and oxygen atoms in total. The molecule has 2 heterocycles. The first-order valence-electron chi connectivity index (χ1n) is 8.43. The highest BCUT2D eigenvalue weighted by atomic mass is 32.2. The lowest BCUT2D eigenvalue weighted by molar-refractivity contribution is -0.384. The van der Waals surface area contributed by atoms with E-state index in [2.05, 4.69) is 4.99 Å². The highest BCUT2D eigenvalue weighted by Crippen LogP contribution is 2.41. The van der Waals surface area contributed by atoms with Crippen molar-refractivity contribution in [3.05, 3.63) is 70.3 Å². The molecule has 1 amide bonds.